The molecule has 4 rings (SSSR count). The minimum absolute atomic E-state index is 0.113. The second-order valence-corrected chi connectivity index (χ2v) is 11.4. The maximum Gasteiger partial charge on any atom is 0.309 e. The quantitative estimate of drug-likeness (QED) is 0.667. The van der Waals surface area contributed by atoms with E-state index in [1.165, 1.54) is 30.8 Å². The summed E-state index contributed by atoms with van der Waals surface area (Å²) in [6, 6.07) is 6.30. The van der Waals surface area contributed by atoms with E-state index in [0.717, 1.165) is 12.8 Å². The molecule has 6 nitrogen and oxygen atoms in total. The van der Waals surface area contributed by atoms with E-state index in [0.29, 0.717) is 27.2 Å². The number of nitrogens with two attached hydrogens (primary N) is 1. The monoisotopic (exact) mass is 448 g/mol. The maximum absolute atomic E-state index is 12.9. The van der Waals surface area contributed by atoms with E-state index in [2.05, 4.69) is 28.8 Å². The number of rotatable bonds is 5. The van der Waals surface area contributed by atoms with Gasteiger partial charge in [-0.2, -0.15) is 0 Å². The molecule has 2 aliphatic carbocycles. The Balaban J connectivity index is 1.33. The van der Waals surface area contributed by atoms with Gasteiger partial charge in [-0.05, 0) is 68.7 Å². The van der Waals surface area contributed by atoms with E-state index in [9.17, 15) is 14.4 Å². The van der Waals surface area contributed by atoms with Crippen molar-refractivity contribution in [2.75, 3.05) is 16.8 Å². The Labute approximate surface area is 185 Å². The van der Waals surface area contributed by atoms with Crippen LogP contribution in [0.15, 0.2) is 24.3 Å². The van der Waals surface area contributed by atoms with Crippen LogP contribution in [-0.2, 0) is 14.3 Å². The summed E-state index contributed by atoms with van der Waals surface area (Å²) in [5.41, 5.74) is 6.12. The minimum Gasteiger partial charge on any atom is -0.452 e. The van der Waals surface area contributed by atoms with Crippen molar-refractivity contribution in [2.45, 2.75) is 49.2 Å². The minimum atomic E-state index is -0.876. The first-order valence-corrected chi connectivity index (χ1v) is 12.6. The number of thioether (sulfide) groups is 2. The fraction of sp³-hybridized carbons (Fsp3) is 0.591. The fourth-order valence-electron chi connectivity index (χ4n) is 5.09. The number of carbonyl (C=O) groups is 3. The largest absolute Gasteiger partial charge is 0.452 e. The van der Waals surface area contributed by atoms with Crippen LogP contribution in [0.25, 0.3) is 0 Å². The average molecular weight is 449 g/mol. The third-order valence-electron chi connectivity index (χ3n) is 6.55. The second-order valence-electron chi connectivity index (χ2n) is 8.42. The Morgan fingerprint density at radius 1 is 1.10 bits per heavy atom. The molecule has 1 aromatic rings. The molecule has 3 fully saturated rings. The number of hydrogen-bond acceptors (Lipinski definition) is 6. The smallest absolute Gasteiger partial charge is 0.309 e. The number of hydrogen-bond donors (Lipinski definition) is 2. The molecule has 0 radical (unpaired) electrons. The van der Waals surface area contributed by atoms with Gasteiger partial charge >= 0.3 is 5.97 Å². The number of benzene rings is 1. The highest BCUT2D eigenvalue weighted by Gasteiger charge is 2.55. The number of carbonyl (C=O) groups excluding carboxylic acids is 3. The third kappa shape index (κ3) is 4.21. The molecule has 3 N–H and O–H groups in total. The topological polar surface area (TPSA) is 98.5 Å². The van der Waals surface area contributed by atoms with Crippen LogP contribution in [0.2, 0.25) is 0 Å². The molecule has 1 heterocycles. The van der Waals surface area contributed by atoms with Crippen molar-refractivity contribution in [1.29, 1.82) is 0 Å². The van der Waals surface area contributed by atoms with Crippen LogP contribution in [0.1, 0.15) is 49.4 Å². The zero-order valence-corrected chi connectivity index (χ0v) is 18.7. The van der Waals surface area contributed by atoms with Gasteiger partial charge in [0.15, 0.2) is 6.10 Å². The lowest BCUT2D eigenvalue weighted by Crippen LogP contribution is -2.48. The molecular weight excluding hydrogens is 420 g/mol. The fourth-order valence-corrected chi connectivity index (χ4v) is 9.02. The van der Waals surface area contributed by atoms with Crippen molar-refractivity contribution >= 4 is 47.0 Å². The summed E-state index contributed by atoms with van der Waals surface area (Å²) in [6.45, 7) is 1.60. The Kier molecular flexibility index (Phi) is 6.34. The van der Waals surface area contributed by atoms with Gasteiger partial charge in [0.1, 0.15) is 0 Å². The van der Waals surface area contributed by atoms with Gasteiger partial charge in [0.2, 0.25) is 5.91 Å². The average Bonchev–Trinajstić information content (AvgIpc) is 3.17. The normalized spacial score (nSPS) is 28.0. The number of esters is 1. The lowest BCUT2D eigenvalue weighted by molar-refractivity contribution is -0.159. The van der Waals surface area contributed by atoms with Gasteiger partial charge in [-0.15, -0.1) is 23.5 Å². The molecule has 2 amide bonds. The summed E-state index contributed by atoms with van der Waals surface area (Å²) in [6.07, 6.45) is 4.51. The zero-order valence-electron chi connectivity index (χ0n) is 17.1. The molecule has 30 heavy (non-hydrogen) atoms. The standard InChI is InChI=1S/C22H28N2O4S2/c1-13(20(26)24-18-7-5-14(6-8-18)19(23)25)28-21(27)15-11-16-3-2-4-17(12-15)22(16)29-9-10-30-22/h5-8,13,15-17H,2-4,9-12H2,1H3,(H2,23,25)(H,24,26). The van der Waals surface area contributed by atoms with E-state index in [4.69, 9.17) is 10.5 Å². The molecule has 1 spiro atoms. The Bertz CT molecular complexity index is 807. The van der Waals surface area contributed by atoms with Crippen LogP contribution >= 0.6 is 23.5 Å². The lowest BCUT2D eigenvalue weighted by Gasteiger charge is -2.51. The van der Waals surface area contributed by atoms with Crippen molar-refractivity contribution in [3.8, 4) is 0 Å². The number of nitrogens with one attached hydrogen (secondary N) is 1. The van der Waals surface area contributed by atoms with Gasteiger partial charge in [0.05, 0.1) is 10.00 Å². The van der Waals surface area contributed by atoms with Crippen molar-refractivity contribution in [2.24, 2.45) is 23.5 Å². The van der Waals surface area contributed by atoms with E-state index in [1.54, 1.807) is 31.2 Å². The third-order valence-corrected chi connectivity index (χ3v) is 10.6. The Morgan fingerprint density at radius 2 is 1.70 bits per heavy atom. The van der Waals surface area contributed by atoms with Gasteiger partial charge in [0.25, 0.3) is 5.91 Å². The highest BCUT2D eigenvalue weighted by Crippen LogP contribution is 2.64. The van der Waals surface area contributed by atoms with Crippen LogP contribution in [0, 0.1) is 17.8 Å². The zero-order chi connectivity index (χ0) is 21.3. The number of ether oxygens (including phenoxy) is 1. The molecule has 1 aliphatic heterocycles. The first kappa shape index (κ1) is 21.6. The van der Waals surface area contributed by atoms with Crippen molar-refractivity contribution in [3.63, 3.8) is 0 Å². The predicted molar refractivity (Wildman–Crippen MR) is 120 cm³/mol. The van der Waals surface area contributed by atoms with Crippen LogP contribution in [-0.4, -0.2) is 39.5 Å². The first-order valence-electron chi connectivity index (χ1n) is 10.6. The molecule has 3 aliphatic rings. The first-order chi connectivity index (χ1) is 14.4. The molecule has 1 saturated heterocycles. The Hall–Kier alpha value is -1.67. The SMILES string of the molecule is CC(OC(=O)C1CC2CCCC(C1)C21SCCS1)C(=O)Nc1ccc(C(N)=O)cc1. The van der Waals surface area contributed by atoms with Gasteiger partial charge in [-0.1, -0.05) is 6.42 Å². The van der Waals surface area contributed by atoms with Crippen molar-refractivity contribution in [3.05, 3.63) is 29.8 Å². The number of anilines is 1. The van der Waals surface area contributed by atoms with E-state index >= 15 is 0 Å². The van der Waals surface area contributed by atoms with Crippen LogP contribution < -0.4 is 11.1 Å². The van der Waals surface area contributed by atoms with E-state index in [1.807, 2.05) is 0 Å². The van der Waals surface area contributed by atoms with Crippen LogP contribution in [0.5, 0.6) is 0 Å². The van der Waals surface area contributed by atoms with E-state index in [-0.39, 0.29) is 17.8 Å². The lowest BCUT2D eigenvalue weighted by atomic mass is 9.67. The highest BCUT2D eigenvalue weighted by molar-refractivity contribution is 8.21. The number of amides is 2. The predicted octanol–water partition coefficient (Wildman–Crippen LogP) is 3.66. The van der Waals surface area contributed by atoms with Gasteiger partial charge in [-0.3, -0.25) is 14.4 Å². The van der Waals surface area contributed by atoms with Crippen molar-refractivity contribution < 1.29 is 19.1 Å². The van der Waals surface area contributed by atoms with Crippen LogP contribution in [0.4, 0.5) is 5.69 Å². The molecule has 8 heteroatoms. The summed E-state index contributed by atoms with van der Waals surface area (Å²) in [4.78, 5) is 36.5. The van der Waals surface area contributed by atoms with Gasteiger partial charge in [-0.25, -0.2) is 0 Å². The molecule has 3 atom stereocenters. The summed E-state index contributed by atoms with van der Waals surface area (Å²) in [5.74, 6) is 2.28. The molecule has 1 aromatic carbocycles. The molecule has 3 unspecified atom stereocenters. The van der Waals surface area contributed by atoms with Crippen molar-refractivity contribution in [1.82, 2.24) is 0 Å². The molecule has 2 saturated carbocycles. The molecule has 162 valence electrons. The highest BCUT2D eigenvalue weighted by atomic mass is 32.2. The van der Waals surface area contributed by atoms with Gasteiger partial charge in [0, 0.05) is 22.8 Å². The summed E-state index contributed by atoms with van der Waals surface area (Å²) in [5, 5.41) is 2.72. The molecule has 0 aromatic heterocycles. The van der Waals surface area contributed by atoms with Gasteiger partial charge < -0.3 is 15.8 Å². The molecule has 2 bridgehead atoms. The summed E-state index contributed by atoms with van der Waals surface area (Å²) < 4.78 is 5.88. The Morgan fingerprint density at radius 3 is 2.27 bits per heavy atom. The summed E-state index contributed by atoms with van der Waals surface area (Å²) in [7, 11) is 0. The van der Waals surface area contributed by atoms with E-state index < -0.39 is 12.0 Å². The second kappa shape index (κ2) is 8.83. The van der Waals surface area contributed by atoms with Crippen LogP contribution in [0.3, 0.4) is 0 Å². The number of primary amides is 1. The maximum atomic E-state index is 12.9. The molecular formula is C22H28N2O4S2. The summed E-state index contributed by atoms with van der Waals surface area (Å²) >= 11 is 4.22.